The van der Waals surface area contributed by atoms with E-state index in [4.69, 9.17) is 4.74 Å². The van der Waals surface area contributed by atoms with Crippen LogP contribution in [0.3, 0.4) is 0 Å². The molecule has 1 fully saturated rings. The molecule has 2 atom stereocenters. The van der Waals surface area contributed by atoms with Crippen LogP contribution >= 0.6 is 11.8 Å². The molecule has 3 heteroatoms. The van der Waals surface area contributed by atoms with Gasteiger partial charge in [0.25, 0.3) is 0 Å². The maximum Gasteiger partial charge on any atom is 0.124 e. The van der Waals surface area contributed by atoms with Gasteiger partial charge in [0.2, 0.25) is 0 Å². The zero-order chi connectivity index (χ0) is 12.1. The van der Waals surface area contributed by atoms with Gasteiger partial charge in [-0.1, -0.05) is 18.2 Å². The van der Waals surface area contributed by atoms with Crippen LogP contribution in [-0.4, -0.2) is 24.2 Å². The molecule has 0 amide bonds. The molecular weight excluding hydrogens is 230 g/mol. The summed E-state index contributed by atoms with van der Waals surface area (Å²) < 4.78 is 5.68. The van der Waals surface area contributed by atoms with Crippen LogP contribution in [0.1, 0.15) is 31.9 Å². The molecule has 1 aliphatic heterocycles. The summed E-state index contributed by atoms with van der Waals surface area (Å²) in [5, 5.41) is 3.69. The van der Waals surface area contributed by atoms with Crippen LogP contribution in [0.5, 0.6) is 5.75 Å². The van der Waals surface area contributed by atoms with Crippen LogP contribution in [0, 0.1) is 0 Å². The van der Waals surface area contributed by atoms with Crippen LogP contribution in [0.4, 0.5) is 0 Å². The molecule has 2 unspecified atom stereocenters. The molecule has 2 rings (SSSR count). The monoisotopic (exact) mass is 251 g/mol. The summed E-state index contributed by atoms with van der Waals surface area (Å²) in [5.74, 6) is 3.54. The Morgan fingerprint density at radius 3 is 3.00 bits per heavy atom. The van der Waals surface area contributed by atoms with Gasteiger partial charge in [0.15, 0.2) is 0 Å². The Morgan fingerprint density at radius 1 is 1.47 bits per heavy atom. The first kappa shape index (κ1) is 12.8. The van der Waals surface area contributed by atoms with Crippen molar-refractivity contribution in [3.8, 4) is 5.75 Å². The van der Waals surface area contributed by atoms with Crippen molar-refractivity contribution in [3.63, 3.8) is 0 Å². The number of para-hydroxylation sites is 1. The number of hydrogen-bond acceptors (Lipinski definition) is 3. The van der Waals surface area contributed by atoms with Crippen molar-refractivity contribution in [1.29, 1.82) is 0 Å². The fourth-order valence-electron chi connectivity index (χ4n) is 2.23. The predicted molar refractivity (Wildman–Crippen MR) is 74.9 cm³/mol. The van der Waals surface area contributed by atoms with Gasteiger partial charge in [-0.3, -0.25) is 0 Å². The number of benzene rings is 1. The van der Waals surface area contributed by atoms with E-state index >= 15 is 0 Å². The molecule has 1 saturated heterocycles. The molecule has 1 N–H and O–H groups in total. The molecule has 0 aromatic heterocycles. The highest BCUT2D eigenvalue weighted by atomic mass is 32.2. The molecule has 0 spiro atoms. The van der Waals surface area contributed by atoms with Gasteiger partial charge in [-0.25, -0.2) is 0 Å². The molecule has 1 heterocycles. The maximum absolute atomic E-state index is 5.68. The zero-order valence-electron chi connectivity index (χ0n) is 10.6. The lowest BCUT2D eigenvalue weighted by molar-refractivity contribution is 0.331. The van der Waals surface area contributed by atoms with Crippen molar-refractivity contribution in [2.75, 3.05) is 18.1 Å². The Hall–Kier alpha value is -0.670. The molecule has 2 nitrogen and oxygen atoms in total. The van der Waals surface area contributed by atoms with Gasteiger partial charge < -0.3 is 10.1 Å². The van der Waals surface area contributed by atoms with Gasteiger partial charge in [-0.15, -0.1) is 0 Å². The number of thioether (sulfide) groups is 1. The summed E-state index contributed by atoms with van der Waals surface area (Å²) >= 11 is 2.04. The highest BCUT2D eigenvalue weighted by Gasteiger charge is 2.19. The van der Waals surface area contributed by atoms with Gasteiger partial charge >= 0.3 is 0 Å². The van der Waals surface area contributed by atoms with Crippen LogP contribution in [0.2, 0.25) is 0 Å². The lowest BCUT2D eigenvalue weighted by atomic mass is 10.1. The zero-order valence-corrected chi connectivity index (χ0v) is 11.4. The topological polar surface area (TPSA) is 21.3 Å². The number of ether oxygens (including phenoxy) is 1. The quantitative estimate of drug-likeness (QED) is 0.868. The van der Waals surface area contributed by atoms with Crippen LogP contribution in [0.15, 0.2) is 24.3 Å². The number of nitrogens with one attached hydrogen (secondary N) is 1. The first-order chi connectivity index (χ1) is 8.31. The standard InChI is InChI=1S/C14H21NOS/c1-3-16-14-7-5-4-6-13(14)11(2)15-12-8-9-17-10-12/h4-7,11-12,15H,3,8-10H2,1-2H3. The van der Waals surface area contributed by atoms with E-state index in [1.54, 1.807) is 0 Å². The van der Waals surface area contributed by atoms with E-state index in [0.717, 1.165) is 12.4 Å². The molecule has 0 radical (unpaired) electrons. The van der Waals surface area contributed by atoms with Crippen molar-refractivity contribution >= 4 is 11.8 Å². The van der Waals surface area contributed by atoms with Crippen molar-refractivity contribution in [2.24, 2.45) is 0 Å². The second-order valence-corrected chi connectivity index (χ2v) is 5.57. The third kappa shape index (κ3) is 3.39. The Bertz CT molecular complexity index is 350. The average molecular weight is 251 g/mol. The smallest absolute Gasteiger partial charge is 0.124 e. The minimum atomic E-state index is 0.362. The largest absolute Gasteiger partial charge is 0.494 e. The SMILES string of the molecule is CCOc1ccccc1C(C)NC1CCSC1. The Kier molecular flexibility index (Phi) is 4.75. The fourth-order valence-corrected chi connectivity index (χ4v) is 3.40. The Morgan fingerprint density at radius 2 is 2.29 bits per heavy atom. The van der Waals surface area contributed by atoms with E-state index < -0.39 is 0 Å². The lowest BCUT2D eigenvalue weighted by Crippen LogP contribution is -2.31. The molecule has 0 aliphatic carbocycles. The molecule has 0 bridgehead atoms. The van der Waals surface area contributed by atoms with Crippen molar-refractivity contribution in [2.45, 2.75) is 32.4 Å². The summed E-state index contributed by atoms with van der Waals surface area (Å²) in [4.78, 5) is 0. The van der Waals surface area contributed by atoms with E-state index in [-0.39, 0.29) is 0 Å². The Balaban J connectivity index is 2.03. The molecule has 1 aromatic rings. The van der Waals surface area contributed by atoms with Crippen molar-refractivity contribution in [1.82, 2.24) is 5.32 Å². The van der Waals surface area contributed by atoms with E-state index in [1.807, 2.05) is 24.8 Å². The summed E-state index contributed by atoms with van der Waals surface area (Å²) in [6.07, 6.45) is 1.28. The highest BCUT2D eigenvalue weighted by Crippen LogP contribution is 2.27. The first-order valence-corrected chi connectivity index (χ1v) is 7.52. The van der Waals surface area contributed by atoms with E-state index in [0.29, 0.717) is 12.1 Å². The van der Waals surface area contributed by atoms with Crippen LogP contribution < -0.4 is 10.1 Å². The van der Waals surface area contributed by atoms with Crippen molar-refractivity contribution < 1.29 is 4.74 Å². The van der Waals surface area contributed by atoms with E-state index in [1.165, 1.54) is 23.5 Å². The maximum atomic E-state index is 5.68. The number of hydrogen-bond donors (Lipinski definition) is 1. The second-order valence-electron chi connectivity index (χ2n) is 4.42. The molecule has 1 aromatic carbocycles. The minimum Gasteiger partial charge on any atom is -0.494 e. The normalized spacial score (nSPS) is 21.4. The minimum absolute atomic E-state index is 0.362. The fraction of sp³-hybridized carbons (Fsp3) is 0.571. The second kappa shape index (κ2) is 6.31. The summed E-state index contributed by atoms with van der Waals surface area (Å²) in [5.41, 5.74) is 1.27. The average Bonchev–Trinajstić information content (AvgIpc) is 2.83. The summed E-state index contributed by atoms with van der Waals surface area (Å²) in [6.45, 7) is 4.98. The van der Waals surface area contributed by atoms with Crippen LogP contribution in [0.25, 0.3) is 0 Å². The third-order valence-electron chi connectivity index (χ3n) is 3.10. The molecule has 94 valence electrons. The summed E-state index contributed by atoms with van der Waals surface area (Å²) in [6, 6.07) is 9.35. The van der Waals surface area contributed by atoms with Gasteiger partial charge in [0.1, 0.15) is 5.75 Å². The van der Waals surface area contributed by atoms with Gasteiger partial charge in [0, 0.05) is 23.4 Å². The summed E-state index contributed by atoms with van der Waals surface area (Å²) in [7, 11) is 0. The van der Waals surface area contributed by atoms with Crippen LogP contribution in [-0.2, 0) is 0 Å². The van der Waals surface area contributed by atoms with E-state index in [9.17, 15) is 0 Å². The molecular formula is C14H21NOS. The van der Waals surface area contributed by atoms with Gasteiger partial charge in [0.05, 0.1) is 6.61 Å². The molecule has 1 aliphatic rings. The molecule has 17 heavy (non-hydrogen) atoms. The lowest BCUT2D eigenvalue weighted by Gasteiger charge is -2.21. The number of rotatable bonds is 5. The third-order valence-corrected chi connectivity index (χ3v) is 4.26. The van der Waals surface area contributed by atoms with Crippen molar-refractivity contribution in [3.05, 3.63) is 29.8 Å². The van der Waals surface area contributed by atoms with E-state index in [2.05, 4.69) is 30.4 Å². The first-order valence-electron chi connectivity index (χ1n) is 6.36. The predicted octanol–water partition coefficient (Wildman–Crippen LogP) is 3.24. The molecule has 0 saturated carbocycles. The Labute approximate surface area is 108 Å². The highest BCUT2D eigenvalue weighted by molar-refractivity contribution is 7.99. The van der Waals surface area contributed by atoms with Gasteiger partial charge in [-0.2, -0.15) is 11.8 Å². The van der Waals surface area contributed by atoms with Gasteiger partial charge in [-0.05, 0) is 32.1 Å².